The van der Waals surface area contributed by atoms with E-state index < -0.39 is 0 Å². The minimum atomic E-state index is -0.0501. The Morgan fingerprint density at radius 3 is 2.72 bits per heavy atom. The Bertz CT molecular complexity index is 908. The molecule has 3 unspecified atom stereocenters. The first kappa shape index (κ1) is 18.8. The maximum atomic E-state index is 8.63. The quantitative estimate of drug-likeness (QED) is 0.666. The van der Waals surface area contributed by atoms with Crippen LogP contribution >= 0.6 is 15.9 Å². The molecule has 1 fully saturated rings. The highest BCUT2D eigenvalue weighted by molar-refractivity contribution is 9.12. The number of amidine groups is 1. The summed E-state index contributed by atoms with van der Waals surface area (Å²) in [6.07, 6.45) is 19.7. The molecule has 5 rings (SSSR count). The topological polar surface area (TPSA) is 64.4 Å². The summed E-state index contributed by atoms with van der Waals surface area (Å²) in [7, 11) is 0. The fourth-order valence-electron chi connectivity index (χ4n) is 4.84. The molecule has 0 aromatic carbocycles. The van der Waals surface area contributed by atoms with Crippen LogP contribution in [0.2, 0.25) is 0 Å². The number of pyridine rings is 1. The standard InChI is InChI=1S/C23H26BrN5/c24-20-21(16-9-5-2-6-10-16)28-23-18(14-27-29(23)22(20)25)17-11-12-19(26-13-17)15-7-3-1-4-8-15/h1,3-4,7,11-16,18,23,25,28H,2,5-6,8-10H2. The highest BCUT2D eigenvalue weighted by Gasteiger charge is 2.41. The molecule has 2 aliphatic carbocycles. The minimum Gasteiger partial charge on any atom is -0.365 e. The van der Waals surface area contributed by atoms with Crippen molar-refractivity contribution in [2.45, 2.75) is 56.5 Å². The van der Waals surface area contributed by atoms with E-state index in [1.165, 1.54) is 37.8 Å². The highest BCUT2D eigenvalue weighted by atomic mass is 79.9. The van der Waals surface area contributed by atoms with Crippen LogP contribution < -0.4 is 5.32 Å². The van der Waals surface area contributed by atoms with E-state index >= 15 is 0 Å². The lowest BCUT2D eigenvalue weighted by Crippen LogP contribution is -2.51. The third-order valence-electron chi connectivity index (χ3n) is 6.50. The SMILES string of the molecule is N=C1C(Br)=C(C2CCCCC2)NC2C(c3ccc(C4C=CC=CC4)nc3)C=NN12. The van der Waals surface area contributed by atoms with Gasteiger partial charge in [-0.2, -0.15) is 5.10 Å². The largest absolute Gasteiger partial charge is 0.365 e. The van der Waals surface area contributed by atoms with E-state index in [9.17, 15) is 0 Å². The summed E-state index contributed by atoms with van der Waals surface area (Å²) in [5.74, 6) is 1.41. The number of hydrogen-bond donors (Lipinski definition) is 2. The molecule has 6 heteroatoms. The van der Waals surface area contributed by atoms with E-state index in [1.54, 1.807) is 5.01 Å². The lowest BCUT2D eigenvalue weighted by Gasteiger charge is -2.38. The van der Waals surface area contributed by atoms with Crippen molar-refractivity contribution < 1.29 is 0 Å². The van der Waals surface area contributed by atoms with Gasteiger partial charge in [0.15, 0.2) is 5.84 Å². The molecule has 1 saturated carbocycles. The van der Waals surface area contributed by atoms with Crippen LogP contribution in [0.3, 0.4) is 0 Å². The monoisotopic (exact) mass is 451 g/mol. The first-order chi connectivity index (χ1) is 14.2. The number of aromatic nitrogens is 1. The Hall–Kier alpha value is -2.21. The first-order valence-electron chi connectivity index (χ1n) is 10.6. The zero-order valence-electron chi connectivity index (χ0n) is 16.4. The lowest BCUT2D eigenvalue weighted by molar-refractivity contribution is 0.270. The fourth-order valence-corrected chi connectivity index (χ4v) is 5.46. The van der Waals surface area contributed by atoms with E-state index in [-0.39, 0.29) is 12.1 Å². The number of hydrazone groups is 1. The van der Waals surface area contributed by atoms with Gasteiger partial charge < -0.3 is 5.32 Å². The summed E-state index contributed by atoms with van der Waals surface area (Å²) in [5, 5.41) is 18.7. The average molecular weight is 452 g/mol. The Labute approximate surface area is 180 Å². The number of nitrogens with one attached hydrogen (secondary N) is 2. The third kappa shape index (κ3) is 3.48. The van der Waals surface area contributed by atoms with Gasteiger partial charge in [0.25, 0.3) is 0 Å². The Morgan fingerprint density at radius 1 is 1.14 bits per heavy atom. The number of hydrogen-bond acceptors (Lipinski definition) is 4. The number of rotatable bonds is 3. The smallest absolute Gasteiger partial charge is 0.159 e. The van der Waals surface area contributed by atoms with E-state index in [0.717, 1.165) is 22.2 Å². The molecule has 0 bridgehead atoms. The van der Waals surface area contributed by atoms with E-state index in [2.05, 4.69) is 62.8 Å². The van der Waals surface area contributed by atoms with Gasteiger partial charge in [-0.25, -0.2) is 5.01 Å². The fraction of sp³-hybridized carbons (Fsp3) is 0.435. The zero-order valence-corrected chi connectivity index (χ0v) is 18.0. The molecule has 3 atom stereocenters. The van der Waals surface area contributed by atoms with Gasteiger partial charge in [0.05, 0.1) is 10.4 Å². The Balaban J connectivity index is 1.37. The summed E-state index contributed by atoms with van der Waals surface area (Å²) >= 11 is 3.67. The molecule has 5 nitrogen and oxygen atoms in total. The highest BCUT2D eigenvalue weighted by Crippen LogP contribution is 2.39. The van der Waals surface area contributed by atoms with Crippen LogP contribution in [-0.2, 0) is 0 Å². The van der Waals surface area contributed by atoms with Crippen molar-refractivity contribution >= 4 is 28.0 Å². The minimum absolute atomic E-state index is 0.0501. The van der Waals surface area contributed by atoms with Gasteiger partial charge in [0, 0.05) is 29.7 Å². The molecule has 1 aromatic heterocycles. The van der Waals surface area contributed by atoms with Gasteiger partial charge in [-0.3, -0.25) is 10.4 Å². The maximum absolute atomic E-state index is 8.63. The van der Waals surface area contributed by atoms with E-state index in [0.29, 0.717) is 17.7 Å². The van der Waals surface area contributed by atoms with Crippen LogP contribution in [0.1, 0.15) is 61.6 Å². The van der Waals surface area contributed by atoms with Gasteiger partial charge in [-0.1, -0.05) is 49.6 Å². The number of nitrogens with zero attached hydrogens (tertiary/aromatic N) is 3. The number of allylic oxidation sites excluding steroid dienone is 5. The summed E-state index contributed by atoms with van der Waals surface area (Å²) in [4.78, 5) is 4.76. The predicted molar refractivity (Wildman–Crippen MR) is 120 cm³/mol. The molecule has 0 amide bonds. The van der Waals surface area contributed by atoms with Crippen molar-refractivity contribution in [2.24, 2.45) is 11.0 Å². The van der Waals surface area contributed by atoms with Crippen molar-refractivity contribution in [2.75, 3.05) is 0 Å². The van der Waals surface area contributed by atoms with Crippen molar-refractivity contribution in [3.05, 3.63) is 64.1 Å². The normalized spacial score (nSPS) is 29.3. The summed E-state index contributed by atoms with van der Waals surface area (Å²) in [5.41, 5.74) is 3.44. The Kier molecular flexibility index (Phi) is 5.12. The summed E-state index contributed by atoms with van der Waals surface area (Å²) < 4.78 is 0.865. The maximum Gasteiger partial charge on any atom is 0.159 e. The molecule has 4 aliphatic rings. The molecule has 2 N–H and O–H groups in total. The van der Waals surface area contributed by atoms with E-state index in [1.807, 2.05) is 12.4 Å². The molecular weight excluding hydrogens is 426 g/mol. The summed E-state index contributed by atoms with van der Waals surface area (Å²) in [6.45, 7) is 0. The molecule has 3 heterocycles. The predicted octanol–water partition coefficient (Wildman–Crippen LogP) is 5.16. The van der Waals surface area contributed by atoms with Gasteiger partial charge in [0.2, 0.25) is 0 Å². The average Bonchev–Trinajstić information content (AvgIpc) is 3.22. The van der Waals surface area contributed by atoms with Crippen LogP contribution in [0.4, 0.5) is 0 Å². The molecule has 0 spiro atoms. The van der Waals surface area contributed by atoms with Gasteiger partial charge in [0.1, 0.15) is 6.17 Å². The second kappa shape index (κ2) is 7.90. The summed E-state index contributed by atoms with van der Waals surface area (Å²) in [6, 6.07) is 4.32. The van der Waals surface area contributed by atoms with Crippen LogP contribution in [0.15, 0.2) is 57.9 Å². The van der Waals surface area contributed by atoms with Crippen LogP contribution in [0.25, 0.3) is 0 Å². The number of halogens is 1. The molecule has 150 valence electrons. The number of fused-ring (bicyclic) bond motifs is 1. The van der Waals surface area contributed by atoms with Crippen LogP contribution in [0, 0.1) is 11.3 Å². The Morgan fingerprint density at radius 2 is 2.00 bits per heavy atom. The van der Waals surface area contributed by atoms with Gasteiger partial charge in [-0.15, -0.1) is 0 Å². The molecular formula is C23H26BrN5. The van der Waals surface area contributed by atoms with Gasteiger partial charge in [-0.05, 0) is 52.7 Å². The van der Waals surface area contributed by atoms with E-state index in [4.69, 9.17) is 10.4 Å². The van der Waals surface area contributed by atoms with Crippen LogP contribution in [-0.4, -0.2) is 28.2 Å². The van der Waals surface area contributed by atoms with Crippen molar-refractivity contribution in [1.82, 2.24) is 15.3 Å². The third-order valence-corrected chi connectivity index (χ3v) is 7.30. The lowest BCUT2D eigenvalue weighted by atomic mass is 9.85. The van der Waals surface area contributed by atoms with Crippen molar-refractivity contribution in [3.63, 3.8) is 0 Å². The molecule has 0 radical (unpaired) electrons. The first-order valence-corrected chi connectivity index (χ1v) is 11.4. The second-order valence-corrected chi connectivity index (χ2v) is 9.10. The zero-order chi connectivity index (χ0) is 19.8. The van der Waals surface area contributed by atoms with Crippen LogP contribution in [0.5, 0.6) is 0 Å². The van der Waals surface area contributed by atoms with Gasteiger partial charge >= 0.3 is 0 Å². The molecule has 2 aliphatic heterocycles. The second-order valence-electron chi connectivity index (χ2n) is 8.31. The molecule has 1 aromatic rings. The van der Waals surface area contributed by atoms with Crippen molar-refractivity contribution in [3.8, 4) is 0 Å². The molecule has 29 heavy (non-hydrogen) atoms. The van der Waals surface area contributed by atoms with Crippen molar-refractivity contribution in [1.29, 1.82) is 5.41 Å². The molecule has 0 saturated heterocycles.